The van der Waals surface area contributed by atoms with E-state index < -0.39 is 0 Å². The SMILES string of the molecule is Cc1cccc(C(C)C)c1NC(=O)c1ccc(N2CCN(C)CC2)nc1. The Hall–Kier alpha value is -2.40. The minimum Gasteiger partial charge on any atom is -0.354 e. The molecule has 1 aromatic carbocycles. The van der Waals surface area contributed by atoms with E-state index in [4.69, 9.17) is 0 Å². The average molecular weight is 352 g/mol. The van der Waals surface area contributed by atoms with Crippen molar-refractivity contribution in [1.29, 1.82) is 0 Å². The van der Waals surface area contributed by atoms with E-state index in [1.165, 1.54) is 0 Å². The first-order valence-electron chi connectivity index (χ1n) is 9.26. The first-order valence-corrected chi connectivity index (χ1v) is 9.26. The lowest BCUT2D eigenvalue weighted by molar-refractivity contribution is 0.102. The number of nitrogens with zero attached hydrogens (tertiary/aromatic N) is 3. The standard InChI is InChI=1S/C21H28N4O/c1-15(2)18-7-5-6-16(3)20(18)23-21(26)17-8-9-19(22-14-17)25-12-10-24(4)11-13-25/h5-9,14-15H,10-13H2,1-4H3,(H,23,26). The van der Waals surface area contributed by atoms with Gasteiger partial charge in [0.15, 0.2) is 0 Å². The zero-order valence-electron chi connectivity index (χ0n) is 16.1. The van der Waals surface area contributed by atoms with Gasteiger partial charge in [0.25, 0.3) is 5.91 Å². The van der Waals surface area contributed by atoms with E-state index in [0.717, 1.165) is 48.8 Å². The van der Waals surface area contributed by atoms with Gasteiger partial charge in [-0.05, 0) is 43.1 Å². The Bertz CT molecular complexity index is 762. The van der Waals surface area contributed by atoms with E-state index in [-0.39, 0.29) is 5.91 Å². The number of carbonyl (C=O) groups excluding carboxylic acids is 1. The van der Waals surface area contributed by atoms with Crippen LogP contribution in [0.2, 0.25) is 0 Å². The van der Waals surface area contributed by atoms with E-state index in [2.05, 4.69) is 47.1 Å². The molecular weight excluding hydrogens is 324 g/mol. The van der Waals surface area contributed by atoms with Crippen LogP contribution >= 0.6 is 0 Å². The fraction of sp³-hybridized carbons (Fsp3) is 0.429. The Balaban J connectivity index is 1.73. The van der Waals surface area contributed by atoms with Gasteiger partial charge in [0, 0.05) is 38.1 Å². The summed E-state index contributed by atoms with van der Waals surface area (Å²) in [6.07, 6.45) is 1.68. The molecular formula is C21H28N4O. The molecule has 0 saturated carbocycles. The highest BCUT2D eigenvalue weighted by Gasteiger charge is 2.17. The number of carbonyl (C=O) groups is 1. The predicted molar refractivity (Wildman–Crippen MR) is 107 cm³/mol. The highest BCUT2D eigenvalue weighted by molar-refractivity contribution is 6.05. The molecule has 1 aliphatic rings. The molecule has 3 rings (SSSR count). The van der Waals surface area contributed by atoms with E-state index in [0.29, 0.717) is 11.5 Å². The molecule has 1 aliphatic heterocycles. The predicted octanol–water partition coefficient (Wildman–Crippen LogP) is 3.52. The summed E-state index contributed by atoms with van der Waals surface area (Å²) in [5, 5.41) is 3.08. The molecule has 0 unspecified atom stereocenters. The molecule has 0 radical (unpaired) electrons. The summed E-state index contributed by atoms with van der Waals surface area (Å²) in [6.45, 7) is 10.3. The topological polar surface area (TPSA) is 48.5 Å². The van der Waals surface area contributed by atoms with Crippen LogP contribution in [0.25, 0.3) is 0 Å². The van der Waals surface area contributed by atoms with E-state index in [1.807, 2.05) is 31.2 Å². The summed E-state index contributed by atoms with van der Waals surface area (Å²) in [4.78, 5) is 21.8. The third-order valence-electron chi connectivity index (χ3n) is 5.00. The van der Waals surface area contributed by atoms with E-state index >= 15 is 0 Å². The molecule has 1 amide bonds. The van der Waals surface area contributed by atoms with Crippen LogP contribution in [0.5, 0.6) is 0 Å². The minimum atomic E-state index is -0.112. The fourth-order valence-electron chi connectivity index (χ4n) is 3.27. The van der Waals surface area contributed by atoms with Gasteiger partial charge in [0.2, 0.25) is 0 Å². The molecule has 5 nitrogen and oxygen atoms in total. The van der Waals surface area contributed by atoms with Crippen molar-refractivity contribution in [3.8, 4) is 0 Å². The van der Waals surface area contributed by atoms with Crippen molar-refractivity contribution in [1.82, 2.24) is 9.88 Å². The van der Waals surface area contributed by atoms with Gasteiger partial charge in [0.1, 0.15) is 5.82 Å². The Labute approximate surface area is 156 Å². The Morgan fingerprint density at radius 3 is 2.46 bits per heavy atom. The second-order valence-corrected chi connectivity index (χ2v) is 7.34. The number of piperazine rings is 1. The second kappa shape index (κ2) is 7.87. The number of para-hydroxylation sites is 1. The monoisotopic (exact) mass is 352 g/mol. The van der Waals surface area contributed by atoms with Crippen molar-refractivity contribution < 1.29 is 4.79 Å². The van der Waals surface area contributed by atoms with Crippen molar-refractivity contribution in [2.45, 2.75) is 26.7 Å². The maximum absolute atomic E-state index is 12.7. The van der Waals surface area contributed by atoms with Crippen LogP contribution in [-0.2, 0) is 0 Å². The molecule has 0 bridgehead atoms. The van der Waals surface area contributed by atoms with Crippen molar-refractivity contribution in [3.63, 3.8) is 0 Å². The van der Waals surface area contributed by atoms with Crippen LogP contribution in [0.1, 0.15) is 41.3 Å². The zero-order chi connectivity index (χ0) is 18.7. The molecule has 2 aromatic rings. The molecule has 26 heavy (non-hydrogen) atoms. The first-order chi connectivity index (χ1) is 12.5. The summed E-state index contributed by atoms with van der Waals surface area (Å²) in [6, 6.07) is 9.94. The highest BCUT2D eigenvalue weighted by atomic mass is 16.1. The molecule has 1 fully saturated rings. The van der Waals surface area contributed by atoms with Crippen molar-refractivity contribution in [2.24, 2.45) is 0 Å². The fourth-order valence-corrected chi connectivity index (χ4v) is 3.27. The highest BCUT2D eigenvalue weighted by Crippen LogP contribution is 2.28. The van der Waals surface area contributed by atoms with Gasteiger partial charge < -0.3 is 15.1 Å². The number of likely N-dealkylation sites (N-methyl/N-ethyl adjacent to an activating group) is 1. The summed E-state index contributed by atoms with van der Waals surface area (Å²) >= 11 is 0. The van der Waals surface area contributed by atoms with E-state index in [9.17, 15) is 4.79 Å². The summed E-state index contributed by atoms with van der Waals surface area (Å²) in [5.41, 5.74) is 3.73. The molecule has 0 aliphatic carbocycles. The average Bonchev–Trinajstić information content (AvgIpc) is 2.64. The van der Waals surface area contributed by atoms with Crippen molar-refractivity contribution in [2.75, 3.05) is 43.4 Å². The van der Waals surface area contributed by atoms with Crippen LogP contribution in [0.15, 0.2) is 36.5 Å². The number of anilines is 2. The maximum Gasteiger partial charge on any atom is 0.257 e. The molecule has 1 aromatic heterocycles. The molecule has 0 spiro atoms. The van der Waals surface area contributed by atoms with Crippen molar-refractivity contribution >= 4 is 17.4 Å². The second-order valence-electron chi connectivity index (χ2n) is 7.34. The number of hydrogen-bond donors (Lipinski definition) is 1. The number of hydrogen-bond acceptors (Lipinski definition) is 4. The van der Waals surface area contributed by atoms with Gasteiger partial charge in [0.05, 0.1) is 5.56 Å². The third kappa shape index (κ3) is 4.05. The Morgan fingerprint density at radius 2 is 1.85 bits per heavy atom. The molecule has 0 atom stereocenters. The lowest BCUT2D eigenvalue weighted by Crippen LogP contribution is -2.44. The lowest BCUT2D eigenvalue weighted by Gasteiger charge is -2.33. The zero-order valence-corrected chi connectivity index (χ0v) is 16.1. The van der Waals surface area contributed by atoms with Crippen molar-refractivity contribution in [3.05, 3.63) is 53.2 Å². The third-order valence-corrected chi connectivity index (χ3v) is 5.00. The number of aryl methyl sites for hydroxylation is 1. The van der Waals surface area contributed by atoms with Crippen LogP contribution in [0.4, 0.5) is 11.5 Å². The number of benzene rings is 1. The number of aromatic nitrogens is 1. The quantitative estimate of drug-likeness (QED) is 0.915. The molecule has 138 valence electrons. The van der Waals surface area contributed by atoms with E-state index in [1.54, 1.807) is 6.20 Å². The molecule has 2 heterocycles. The van der Waals surface area contributed by atoms with Gasteiger partial charge in [-0.15, -0.1) is 0 Å². The molecule has 5 heteroatoms. The summed E-state index contributed by atoms with van der Waals surface area (Å²) in [5.74, 6) is 1.18. The Kier molecular flexibility index (Phi) is 5.57. The number of amides is 1. The van der Waals surface area contributed by atoms with Crippen LogP contribution in [-0.4, -0.2) is 49.0 Å². The largest absolute Gasteiger partial charge is 0.354 e. The number of rotatable bonds is 4. The van der Waals surface area contributed by atoms with Gasteiger partial charge in [-0.2, -0.15) is 0 Å². The molecule has 1 saturated heterocycles. The van der Waals surface area contributed by atoms with Crippen LogP contribution < -0.4 is 10.2 Å². The van der Waals surface area contributed by atoms with Gasteiger partial charge in [-0.3, -0.25) is 4.79 Å². The first kappa shape index (κ1) is 18.4. The normalized spacial score (nSPS) is 15.3. The Morgan fingerprint density at radius 1 is 1.12 bits per heavy atom. The van der Waals surface area contributed by atoms with Crippen LogP contribution in [0, 0.1) is 6.92 Å². The number of pyridine rings is 1. The minimum absolute atomic E-state index is 0.112. The van der Waals surface area contributed by atoms with Crippen LogP contribution in [0.3, 0.4) is 0 Å². The van der Waals surface area contributed by atoms with Gasteiger partial charge >= 0.3 is 0 Å². The number of nitrogens with one attached hydrogen (secondary N) is 1. The summed E-state index contributed by atoms with van der Waals surface area (Å²) < 4.78 is 0. The smallest absolute Gasteiger partial charge is 0.257 e. The lowest BCUT2D eigenvalue weighted by atomic mass is 9.98. The summed E-state index contributed by atoms with van der Waals surface area (Å²) in [7, 11) is 2.13. The van der Waals surface area contributed by atoms with Gasteiger partial charge in [-0.1, -0.05) is 32.0 Å². The molecule has 1 N–H and O–H groups in total. The van der Waals surface area contributed by atoms with Gasteiger partial charge in [-0.25, -0.2) is 4.98 Å². The maximum atomic E-state index is 12.7.